The van der Waals surface area contributed by atoms with Crippen LogP contribution in [0.1, 0.15) is 89.2 Å². The third-order valence-corrected chi connectivity index (χ3v) is 11.4. The first-order valence-electron chi connectivity index (χ1n) is 18.5. The highest BCUT2D eigenvalue weighted by Gasteiger charge is 2.27. The minimum atomic E-state index is -0.574. The fraction of sp³-hybridized carbons (Fsp3) is 0.450. The second-order valence-electron chi connectivity index (χ2n) is 14.3. The molecule has 2 aromatic heterocycles. The van der Waals surface area contributed by atoms with Crippen LogP contribution in [0.2, 0.25) is 0 Å². The number of nitrogens with zero attached hydrogens (tertiary/aromatic N) is 4. The van der Waals surface area contributed by atoms with Crippen LogP contribution in [-0.2, 0) is 6.54 Å². The van der Waals surface area contributed by atoms with Crippen molar-refractivity contribution < 1.29 is 14.0 Å². The van der Waals surface area contributed by atoms with Gasteiger partial charge in [-0.1, -0.05) is 42.8 Å². The van der Waals surface area contributed by atoms with Gasteiger partial charge in [-0.2, -0.15) is 0 Å². The standard InChI is InChI=1S/C40H48FN7O2S/c1-27-43-37(26-51-27)40(50)46-33-14-12-32(13-15-33)45-39(49)36-23-31(41)24-42-38(36)44-34-7-5-6-30(22-34)29-10-8-28(9-11-29)25-47-20-16-35(17-21-47)48-18-3-2-4-19-48/h5-11,22-24,26,32-33,35H,2-4,12-21,25H2,1H3,(H,42,44)(H,45,49)(H,46,50). The van der Waals surface area contributed by atoms with E-state index in [4.69, 9.17) is 0 Å². The van der Waals surface area contributed by atoms with E-state index < -0.39 is 5.82 Å². The molecule has 0 unspecified atom stereocenters. The van der Waals surface area contributed by atoms with E-state index >= 15 is 0 Å². The van der Waals surface area contributed by atoms with Crippen molar-refractivity contribution in [3.8, 4) is 11.1 Å². The Morgan fingerprint density at radius 2 is 1.55 bits per heavy atom. The number of likely N-dealkylation sites (tertiary alicyclic amines) is 2. The topological polar surface area (TPSA) is 102 Å². The molecule has 7 rings (SSSR count). The molecule has 2 aliphatic heterocycles. The van der Waals surface area contributed by atoms with Crippen LogP contribution in [0.25, 0.3) is 11.1 Å². The highest BCUT2D eigenvalue weighted by Crippen LogP contribution is 2.28. The average Bonchev–Trinajstić information content (AvgIpc) is 3.60. The first-order chi connectivity index (χ1) is 24.9. The summed E-state index contributed by atoms with van der Waals surface area (Å²) >= 11 is 1.45. The van der Waals surface area contributed by atoms with Gasteiger partial charge in [0.1, 0.15) is 17.3 Å². The first kappa shape index (κ1) is 35.2. The molecule has 0 spiro atoms. The molecular weight excluding hydrogens is 662 g/mol. The van der Waals surface area contributed by atoms with Crippen molar-refractivity contribution in [2.24, 2.45) is 0 Å². The van der Waals surface area contributed by atoms with Gasteiger partial charge in [0.15, 0.2) is 0 Å². The molecule has 4 heterocycles. The summed E-state index contributed by atoms with van der Waals surface area (Å²) in [5, 5.41) is 12.0. The lowest BCUT2D eigenvalue weighted by Gasteiger charge is -2.40. The highest BCUT2D eigenvalue weighted by atomic mass is 32.1. The van der Waals surface area contributed by atoms with Crippen LogP contribution < -0.4 is 16.0 Å². The Bertz CT molecular complexity index is 1790. The molecular formula is C40H48FN7O2S. The molecule has 3 aliphatic rings. The number of pyridine rings is 1. The summed E-state index contributed by atoms with van der Waals surface area (Å²) in [7, 11) is 0. The number of amides is 2. The Morgan fingerprint density at radius 1 is 0.843 bits per heavy atom. The summed E-state index contributed by atoms with van der Waals surface area (Å²) < 4.78 is 14.4. The fourth-order valence-corrected chi connectivity index (χ4v) is 8.38. The number of carbonyl (C=O) groups excluding carboxylic acids is 2. The third kappa shape index (κ3) is 9.19. The van der Waals surface area contributed by atoms with Crippen LogP contribution >= 0.6 is 11.3 Å². The molecule has 3 fully saturated rings. The lowest BCUT2D eigenvalue weighted by molar-refractivity contribution is 0.0889. The number of aromatic nitrogens is 2. The Kier molecular flexibility index (Phi) is 11.4. The van der Waals surface area contributed by atoms with Crippen LogP contribution in [-0.4, -0.2) is 75.9 Å². The van der Waals surface area contributed by atoms with E-state index in [-0.39, 0.29) is 29.5 Å². The van der Waals surface area contributed by atoms with Gasteiger partial charge in [-0.25, -0.2) is 14.4 Å². The maximum Gasteiger partial charge on any atom is 0.270 e. The zero-order valence-corrected chi connectivity index (χ0v) is 30.2. The minimum Gasteiger partial charge on any atom is -0.349 e. The summed E-state index contributed by atoms with van der Waals surface area (Å²) in [6, 6.07) is 18.7. The summed E-state index contributed by atoms with van der Waals surface area (Å²) in [5.41, 5.74) is 4.81. The Hall–Kier alpha value is -4.19. The molecule has 51 heavy (non-hydrogen) atoms. The largest absolute Gasteiger partial charge is 0.349 e. The van der Waals surface area contributed by atoms with E-state index in [9.17, 15) is 14.0 Å². The molecule has 2 aromatic carbocycles. The lowest BCUT2D eigenvalue weighted by Crippen LogP contribution is -2.46. The van der Waals surface area contributed by atoms with Crippen molar-refractivity contribution in [1.82, 2.24) is 30.4 Å². The maximum absolute atomic E-state index is 14.4. The number of hydrogen-bond acceptors (Lipinski definition) is 8. The molecule has 3 N–H and O–H groups in total. The molecule has 11 heteroatoms. The summed E-state index contributed by atoms with van der Waals surface area (Å²) in [6.07, 6.45) is 10.6. The quantitative estimate of drug-likeness (QED) is 0.159. The van der Waals surface area contributed by atoms with Gasteiger partial charge in [-0.3, -0.25) is 14.5 Å². The Morgan fingerprint density at radius 3 is 2.24 bits per heavy atom. The minimum absolute atomic E-state index is 0.0243. The van der Waals surface area contributed by atoms with E-state index in [0.29, 0.717) is 24.4 Å². The average molecular weight is 710 g/mol. The molecule has 2 amide bonds. The molecule has 268 valence electrons. The smallest absolute Gasteiger partial charge is 0.270 e. The number of thiazole rings is 1. The van der Waals surface area contributed by atoms with Gasteiger partial charge in [0.2, 0.25) is 0 Å². The second kappa shape index (κ2) is 16.4. The summed E-state index contributed by atoms with van der Waals surface area (Å²) in [5.74, 6) is -0.819. The van der Waals surface area contributed by atoms with Crippen molar-refractivity contribution in [2.75, 3.05) is 31.5 Å². The highest BCUT2D eigenvalue weighted by molar-refractivity contribution is 7.09. The number of carbonyl (C=O) groups is 2. The van der Waals surface area contributed by atoms with Gasteiger partial charge in [-0.05, 0) is 119 Å². The fourth-order valence-electron chi connectivity index (χ4n) is 7.78. The molecule has 2 saturated heterocycles. The zero-order chi connectivity index (χ0) is 35.2. The van der Waals surface area contributed by atoms with Gasteiger partial charge in [0.25, 0.3) is 11.8 Å². The van der Waals surface area contributed by atoms with E-state index in [0.717, 1.165) is 66.5 Å². The molecule has 1 aliphatic carbocycles. The van der Waals surface area contributed by atoms with Crippen molar-refractivity contribution >= 4 is 34.7 Å². The Labute approximate surface area is 304 Å². The molecule has 0 bridgehead atoms. The van der Waals surface area contributed by atoms with Crippen LogP contribution in [0.15, 0.2) is 66.2 Å². The maximum atomic E-state index is 14.4. The number of rotatable bonds is 10. The van der Waals surface area contributed by atoms with Gasteiger partial charge >= 0.3 is 0 Å². The number of halogens is 1. The molecule has 9 nitrogen and oxygen atoms in total. The van der Waals surface area contributed by atoms with Crippen molar-refractivity contribution in [3.63, 3.8) is 0 Å². The van der Waals surface area contributed by atoms with Crippen molar-refractivity contribution in [1.29, 1.82) is 0 Å². The first-order valence-corrected chi connectivity index (χ1v) is 19.4. The van der Waals surface area contributed by atoms with Crippen molar-refractivity contribution in [2.45, 2.75) is 89.4 Å². The number of piperidine rings is 2. The number of nitrogens with one attached hydrogen (secondary N) is 3. The second-order valence-corrected chi connectivity index (χ2v) is 15.4. The van der Waals surface area contributed by atoms with Crippen LogP contribution in [0.4, 0.5) is 15.9 Å². The van der Waals surface area contributed by atoms with Crippen LogP contribution in [0.5, 0.6) is 0 Å². The van der Waals surface area contributed by atoms with Gasteiger partial charge in [0, 0.05) is 35.7 Å². The number of aryl methyl sites for hydroxylation is 1. The SMILES string of the molecule is Cc1nc(C(=O)NC2CCC(NC(=O)c3cc(F)cnc3Nc3cccc(-c4ccc(CN5CCC(N6CCCCC6)CC5)cc4)c3)CC2)cs1. The van der Waals surface area contributed by atoms with Gasteiger partial charge < -0.3 is 20.9 Å². The van der Waals surface area contributed by atoms with Gasteiger partial charge in [-0.15, -0.1) is 11.3 Å². The van der Waals surface area contributed by atoms with E-state index in [1.54, 1.807) is 5.38 Å². The monoisotopic (exact) mass is 709 g/mol. The zero-order valence-electron chi connectivity index (χ0n) is 29.4. The van der Waals surface area contributed by atoms with Crippen LogP contribution in [0, 0.1) is 12.7 Å². The Balaban J connectivity index is 0.925. The number of hydrogen-bond donors (Lipinski definition) is 3. The predicted octanol–water partition coefficient (Wildman–Crippen LogP) is 7.32. The molecule has 0 atom stereocenters. The summed E-state index contributed by atoms with van der Waals surface area (Å²) in [6.45, 7) is 7.72. The lowest BCUT2D eigenvalue weighted by atomic mass is 9.91. The van der Waals surface area contributed by atoms with Gasteiger partial charge in [0.05, 0.1) is 16.8 Å². The molecule has 0 radical (unpaired) electrons. The number of anilines is 2. The molecule has 4 aromatic rings. The normalized spacial score (nSPS) is 20.5. The van der Waals surface area contributed by atoms with Crippen molar-refractivity contribution in [3.05, 3.63) is 93.8 Å². The van der Waals surface area contributed by atoms with E-state index in [1.807, 2.05) is 25.1 Å². The van der Waals surface area contributed by atoms with E-state index in [1.165, 1.54) is 68.2 Å². The van der Waals surface area contributed by atoms with Crippen LogP contribution in [0.3, 0.4) is 0 Å². The van der Waals surface area contributed by atoms with E-state index in [2.05, 4.69) is 66.0 Å². The third-order valence-electron chi connectivity index (χ3n) is 10.6. The predicted molar refractivity (Wildman–Crippen MR) is 201 cm³/mol. The number of benzene rings is 2. The molecule has 1 saturated carbocycles. The summed E-state index contributed by atoms with van der Waals surface area (Å²) in [4.78, 5) is 39.8.